The summed E-state index contributed by atoms with van der Waals surface area (Å²) in [5.74, 6) is -0.190. The van der Waals surface area contributed by atoms with Crippen molar-refractivity contribution in [2.24, 2.45) is 0 Å². The third kappa shape index (κ3) is 5.04. The smallest absolute Gasteiger partial charge is 0.410 e. The molecule has 2 aliphatic rings. The third-order valence-corrected chi connectivity index (χ3v) is 5.87. The van der Waals surface area contributed by atoms with Gasteiger partial charge in [-0.1, -0.05) is 11.6 Å². The van der Waals surface area contributed by atoms with Crippen LogP contribution >= 0.6 is 11.6 Å². The van der Waals surface area contributed by atoms with Gasteiger partial charge in [-0.05, 0) is 57.2 Å². The van der Waals surface area contributed by atoms with Crippen LogP contribution in [-0.2, 0) is 4.74 Å². The van der Waals surface area contributed by atoms with Gasteiger partial charge in [-0.15, -0.1) is 0 Å². The Bertz CT molecular complexity index is 1110. The number of halogens is 1. The van der Waals surface area contributed by atoms with Gasteiger partial charge >= 0.3 is 18.1 Å². The zero-order valence-corrected chi connectivity index (χ0v) is 19.9. The van der Waals surface area contributed by atoms with Gasteiger partial charge in [0.15, 0.2) is 0 Å². The Morgan fingerprint density at radius 3 is 2.32 bits per heavy atom. The first-order chi connectivity index (χ1) is 16.0. The second-order valence-electron chi connectivity index (χ2n) is 9.21. The van der Waals surface area contributed by atoms with Crippen molar-refractivity contribution in [3.63, 3.8) is 0 Å². The molecule has 2 aromatic carbocycles. The van der Waals surface area contributed by atoms with Crippen molar-refractivity contribution >= 4 is 35.4 Å². The molecule has 10 heteroatoms. The van der Waals surface area contributed by atoms with E-state index >= 15 is 0 Å². The first-order valence-corrected chi connectivity index (χ1v) is 11.3. The number of hydrogen-bond donors (Lipinski definition) is 1. The fourth-order valence-corrected chi connectivity index (χ4v) is 4.23. The van der Waals surface area contributed by atoms with Crippen LogP contribution in [0.4, 0.5) is 15.3 Å². The molecule has 2 heterocycles. The number of fused-ring (bicyclic) bond motifs is 1. The molecule has 0 radical (unpaired) electrons. The zero-order chi connectivity index (χ0) is 24.6. The summed E-state index contributed by atoms with van der Waals surface area (Å²) in [6.07, 6.45) is -0.365. The third-order valence-electron chi connectivity index (χ3n) is 5.56. The van der Waals surface area contributed by atoms with Gasteiger partial charge in [-0.25, -0.2) is 14.4 Å². The van der Waals surface area contributed by atoms with Crippen molar-refractivity contribution in [1.29, 1.82) is 0 Å². The van der Waals surface area contributed by atoms with Gasteiger partial charge in [-0.2, -0.15) is 0 Å². The lowest BCUT2D eigenvalue weighted by Crippen LogP contribution is -2.54. The SMILES string of the molecule is CC(C)(C)OC(=O)N1CCN2C(=O)N(c3ccc(Oc4ccc(C(=O)O)c(Cl)c4)cc3)CC2C1. The van der Waals surface area contributed by atoms with Crippen LogP contribution in [-0.4, -0.2) is 70.8 Å². The fraction of sp³-hybridized carbons (Fsp3) is 0.375. The summed E-state index contributed by atoms with van der Waals surface area (Å²) in [5.41, 5.74) is 0.146. The molecule has 0 spiro atoms. The maximum atomic E-state index is 13.0. The number of nitrogens with zero attached hydrogens (tertiary/aromatic N) is 3. The molecule has 9 nitrogen and oxygen atoms in total. The quantitative estimate of drug-likeness (QED) is 0.671. The lowest BCUT2D eigenvalue weighted by atomic mass is 10.2. The van der Waals surface area contributed by atoms with E-state index in [4.69, 9.17) is 26.2 Å². The summed E-state index contributed by atoms with van der Waals surface area (Å²) < 4.78 is 11.2. The Balaban J connectivity index is 1.41. The van der Waals surface area contributed by atoms with Crippen LogP contribution in [0.15, 0.2) is 42.5 Å². The molecule has 2 fully saturated rings. The van der Waals surface area contributed by atoms with Gasteiger partial charge in [0.1, 0.15) is 17.1 Å². The second-order valence-corrected chi connectivity index (χ2v) is 9.62. The van der Waals surface area contributed by atoms with E-state index in [1.165, 1.54) is 18.2 Å². The first-order valence-electron chi connectivity index (χ1n) is 10.9. The Hall–Kier alpha value is -3.46. The molecule has 2 saturated heterocycles. The molecule has 3 amide bonds. The van der Waals surface area contributed by atoms with Gasteiger partial charge in [0, 0.05) is 37.9 Å². The van der Waals surface area contributed by atoms with Crippen molar-refractivity contribution in [3.8, 4) is 11.5 Å². The number of benzene rings is 2. The van der Waals surface area contributed by atoms with Crippen LogP contribution in [0.1, 0.15) is 31.1 Å². The highest BCUT2D eigenvalue weighted by atomic mass is 35.5. The average molecular weight is 488 g/mol. The Morgan fingerprint density at radius 1 is 1.03 bits per heavy atom. The molecule has 1 N–H and O–H groups in total. The van der Waals surface area contributed by atoms with Gasteiger partial charge in [0.2, 0.25) is 0 Å². The van der Waals surface area contributed by atoms with Crippen LogP contribution in [0, 0.1) is 0 Å². The molecule has 0 saturated carbocycles. The molecular weight excluding hydrogens is 462 g/mol. The van der Waals surface area contributed by atoms with Crippen molar-refractivity contribution in [1.82, 2.24) is 9.80 Å². The average Bonchev–Trinajstić information content (AvgIpc) is 3.09. The number of carbonyl (C=O) groups is 3. The summed E-state index contributed by atoms with van der Waals surface area (Å²) in [4.78, 5) is 41.6. The Kier molecular flexibility index (Phi) is 6.31. The van der Waals surface area contributed by atoms with Crippen molar-refractivity contribution in [2.45, 2.75) is 32.4 Å². The number of urea groups is 1. The minimum absolute atomic E-state index is 0.00129. The lowest BCUT2D eigenvalue weighted by molar-refractivity contribution is 0.0128. The minimum atomic E-state index is -1.11. The summed E-state index contributed by atoms with van der Waals surface area (Å²) >= 11 is 6.00. The first kappa shape index (κ1) is 23.7. The number of carboxylic acid groups (broad SMARTS) is 1. The Labute approximate surface area is 202 Å². The number of piperazine rings is 1. The number of carboxylic acids is 1. The fourth-order valence-electron chi connectivity index (χ4n) is 3.98. The molecule has 1 unspecified atom stereocenters. The van der Waals surface area contributed by atoms with Crippen LogP contribution in [0.5, 0.6) is 11.5 Å². The number of aromatic carboxylic acids is 1. The molecule has 4 rings (SSSR count). The Morgan fingerprint density at radius 2 is 1.71 bits per heavy atom. The second kappa shape index (κ2) is 9.06. The van der Waals surface area contributed by atoms with Crippen LogP contribution in [0.3, 0.4) is 0 Å². The maximum Gasteiger partial charge on any atom is 0.410 e. The van der Waals surface area contributed by atoms with Gasteiger partial charge in [0.05, 0.1) is 16.6 Å². The highest BCUT2D eigenvalue weighted by Crippen LogP contribution is 2.31. The van der Waals surface area contributed by atoms with Crippen molar-refractivity contribution < 1.29 is 29.0 Å². The number of rotatable bonds is 4. The van der Waals surface area contributed by atoms with E-state index in [-0.39, 0.29) is 28.8 Å². The minimum Gasteiger partial charge on any atom is -0.478 e. The standard InChI is InChI=1S/C24H26ClN3O6/c1-24(2,3)34-23(32)26-10-11-27-16(13-26)14-28(22(27)31)15-4-6-17(7-5-15)33-18-8-9-19(21(29)30)20(25)12-18/h4-9,12,16H,10-11,13-14H2,1-3H3,(H,29,30). The van der Waals surface area contributed by atoms with E-state index in [0.717, 1.165) is 5.69 Å². The van der Waals surface area contributed by atoms with E-state index < -0.39 is 11.6 Å². The molecule has 0 aliphatic carbocycles. The van der Waals surface area contributed by atoms with Crippen LogP contribution in [0.25, 0.3) is 0 Å². The molecule has 2 aromatic rings. The highest BCUT2D eigenvalue weighted by Gasteiger charge is 2.42. The zero-order valence-electron chi connectivity index (χ0n) is 19.2. The van der Waals surface area contributed by atoms with Crippen LogP contribution < -0.4 is 9.64 Å². The van der Waals surface area contributed by atoms with E-state index in [0.29, 0.717) is 37.7 Å². The predicted molar refractivity (Wildman–Crippen MR) is 126 cm³/mol. The molecule has 2 aliphatic heterocycles. The van der Waals surface area contributed by atoms with Crippen molar-refractivity contribution in [2.75, 3.05) is 31.1 Å². The largest absolute Gasteiger partial charge is 0.478 e. The van der Waals surface area contributed by atoms with Crippen LogP contribution in [0.2, 0.25) is 5.02 Å². The number of hydrogen-bond acceptors (Lipinski definition) is 5. The van der Waals surface area contributed by atoms with Gasteiger partial charge in [-0.3, -0.25) is 4.90 Å². The van der Waals surface area contributed by atoms with E-state index in [1.54, 1.807) is 39.0 Å². The molecule has 0 aromatic heterocycles. The molecular formula is C24H26ClN3O6. The number of anilines is 1. The topological polar surface area (TPSA) is 99.6 Å². The summed E-state index contributed by atoms with van der Waals surface area (Å²) in [6, 6.07) is 11.2. The number of carbonyl (C=O) groups excluding carboxylic acids is 2. The van der Waals surface area contributed by atoms with E-state index in [1.807, 2.05) is 20.8 Å². The molecule has 34 heavy (non-hydrogen) atoms. The van der Waals surface area contributed by atoms with Gasteiger partial charge < -0.3 is 24.4 Å². The summed E-state index contributed by atoms with van der Waals surface area (Å²) in [6.45, 7) is 7.25. The lowest BCUT2D eigenvalue weighted by Gasteiger charge is -2.36. The highest BCUT2D eigenvalue weighted by molar-refractivity contribution is 6.33. The van der Waals surface area contributed by atoms with Crippen molar-refractivity contribution in [3.05, 3.63) is 53.1 Å². The molecule has 0 bridgehead atoms. The monoisotopic (exact) mass is 487 g/mol. The summed E-state index contributed by atoms with van der Waals surface area (Å²) in [7, 11) is 0. The predicted octanol–water partition coefficient (Wildman–Crippen LogP) is 4.69. The molecule has 180 valence electrons. The van der Waals surface area contributed by atoms with Gasteiger partial charge in [0.25, 0.3) is 0 Å². The summed E-state index contributed by atoms with van der Waals surface area (Å²) in [5, 5.41) is 9.16. The van der Waals surface area contributed by atoms with E-state index in [2.05, 4.69) is 0 Å². The normalized spacial score (nSPS) is 18.1. The molecule has 1 atom stereocenters. The van der Waals surface area contributed by atoms with E-state index in [9.17, 15) is 14.4 Å². The maximum absolute atomic E-state index is 13.0. The number of amides is 3. The number of ether oxygens (including phenoxy) is 2.